The van der Waals surface area contributed by atoms with Gasteiger partial charge >= 0.3 is 0 Å². The van der Waals surface area contributed by atoms with Gasteiger partial charge in [0.1, 0.15) is 0 Å². The lowest BCUT2D eigenvalue weighted by molar-refractivity contribution is 0.880. The summed E-state index contributed by atoms with van der Waals surface area (Å²) >= 11 is 0. The van der Waals surface area contributed by atoms with E-state index in [4.69, 9.17) is 5.73 Å². The number of nitrogens with zero attached hydrogens (tertiary/aromatic N) is 2. The summed E-state index contributed by atoms with van der Waals surface area (Å²) in [6.45, 7) is 3.67. The van der Waals surface area contributed by atoms with Crippen molar-refractivity contribution in [1.29, 1.82) is 0 Å². The Morgan fingerprint density at radius 3 is 2.92 bits per heavy atom. The molecule has 0 aliphatic rings. The Morgan fingerprint density at radius 1 is 1.54 bits per heavy atom. The first-order valence-electron chi connectivity index (χ1n) is 4.64. The first-order valence-corrected chi connectivity index (χ1v) is 4.64. The summed E-state index contributed by atoms with van der Waals surface area (Å²) in [5.41, 5.74) is 7.80. The molecule has 2 N–H and O–H groups in total. The number of anilines is 1. The SMILES string of the molecule is CCc1cc(N(C)CCN)ccn1. The minimum Gasteiger partial charge on any atom is -0.373 e. The summed E-state index contributed by atoms with van der Waals surface area (Å²) < 4.78 is 0. The van der Waals surface area contributed by atoms with Crippen molar-refractivity contribution in [3.63, 3.8) is 0 Å². The molecule has 1 heterocycles. The molecule has 0 aliphatic carbocycles. The molecule has 3 heteroatoms. The standard InChI is InChI=1S/C10H17N3/c1-3-9-8-10(4-6-12-9)13(2)7-5-11/h4,6,8H,3,5,7,11H2,1-2H3. The molecule has 0 unspecified atom stereocenters. The van der Waals surface area contributed by atoms with Crippen molar-refractivity contribution in [3.8, 4) is 0 Å². The fourth-order valence-electron chi connectivity index (χ4n) is 1.22. The third kappa shape index (κ3) is 2.70. The molecule has 0 fully saturated rings. The molecule has 0 amide bonds. The van der Waals surface area contributed by atoms with Crippen molar-refractivity contribution in [2.24, 2.45) is 5.73 Å². The zero-order valence-electron chi connectivity index (χ0n) is 8.33. The lowest BCUT2D eigenvalue weighted by Gasteiger charge is -2.18. The van der Waals surface area contributed by atoms with Crippen LogP contribution in [0, 0.1) is 0 Å². The third-order valence-electron chi connectivity index (χ3n) is 2.07. The molecule has 0 aromatic carbocycles. The van der Waals surface area contributed by atoms with Crippen LogP contribution in [0.15, 0.2) is 18.3 Å². The van der Waals surface area contributed by atoms with E-state index in [9.17, 15) is 0 Å². The number of rotatable bonds is 4. The van der Waals surface area contributed by atoms with Gasteiger partial charge in [0.25, 0.3) is 0 Å². The van der Waals surface area contributed by atoms with E-state index in [0.717, 1.165) is 18.7 Å². The lowest BCUT2D eigenvalue weighted by atomic mass is 10.2. The zero-order valence-corrected chi connectivity index (χ0v) is 8.33. The number of aryl methyl sites for hydroxylation is 1. The molecule has 3 nitrogen and oxygen atoms in total. The summed E-state index contributed by atoms with van der Waals surface area (Å²) in [7, 11) is 2.04. The van der Waals surface area contributed by atoms with Crippen LogP contribution >= 0.6 is 0 Å². The minimum atomic E-state index is 0.681. The van der Waals surface area contributed by atoms with E-state index >= 15 is 0 Å². The van der Waals surface area contributed by atoms with Crippen LogP contribution in [-0.4, -0.2) is 25.1 Å². The van der Waals surface area contributed by atoms with Crippen LogP contribution in [0.1, 0.15) is 12.6 Å². The topological polar surface area (TPSA) is 42.1 Å². The molecule has 0 atom stereocenters. The van der Waals surface area contributed by atoms with Gasteiger partial charge in [-0.25, -0.2) is 0 Å². The van der Waals surface area contributed by atoms with Gasteiger partial charge in [-0.05, 0) is 18.6 Å². The molecule has 0 spiro atoms. The maximum Gasteiger partial charge on any atom is 0.0421 e. The third-order valence-corrected chi connectivity index (χ3v) is 2.07. The normalized spacial score (nSPS) is 10.1. The Morgan fingerprint density at radius 2 is 2.31 bits per heavy atom. The predicted molar refractivity (Wildman–Crippen MR) is 55.9 cm³/mol. The minimum absolute atomic E-state index is 0.681. The Bertz CT molecular complexity index is 260. The fourth-order valence-corrected chi connectivity index (χ4v) is 1.22. The second kappa shape index (κ2) is 4.82. The van der Waals surface area contributed by atoms with Gasteiger partial charge < -0.3 is 10.6 Å². The van der Waals surface area contributed by atoms with Gasteiger partial charge in [-0.1, -0.05) is 6.92 Å². The van der Waals surface area contributed by atoms with Gasteiger partial charge in [0.15, 0.2) is 0 Å². The van der Waals surface area contributed by atoms with Gasteiger partial charge in [-0.2, -0.15) is 0 Å². The quantitative estimate of drug-likeness (QED) is 0.751. The Hall–Kier alpha value is -1.09. The summed E-state index contributed by atoms with van der Waals surface area (Å²) in [4.78, 5) is 6.38. The first-order chi connectivity index (χ1) is 6.27. The predicted octanol–water partition coefficient (Wildman–Crippen LogP) is 1.04. The Labute approximate surface area is 79.6 Å². The smallest absolute Gasteiger partial charge is 0.0421 e. The van der Waals surface area contributed by atoms with Gasteiger partial charge in [0.05, 0.1) is 0 Å². The molecule has 0 saturated carbocycles. The van der Waals surface area contributed by atoms with E-state index in [0.29, 0.717) is 6.54 Å². The highest BCUT2D eigenvalue weighted by Gasteiger charge is 1.99. The Balaban J connectivity index is 2.75. The molecule has 1 aromatic heterocycles. The van der Waals surface area contributed by atoms with Crippen molar-refractivity contribution >= 4 is 5.69 Å². The zero-order chi connectivity index (χ0) is 9.68. The van der Waals surface area contributed by atoms with Gasteiger partial charge in [0.2, 0.25) is 0 Å². The van der Waals surface area contributed by atoms with E-state index in [-0.39, 0.29) is 0 Å². The van der Waals surface area contributed by atoms with Crippen molar-refractivity contribution in [3.05, 3.63) is 24.0 Å². The van der Waals surface area contributed by atoms with E-state index in [1.165, 1.54) is 5.69 Å². The van der Waals surface area contributed by atoms with Crippen LogP contribution in [0.4, 0.5) is 5.69 Å². The van der Waals surface area contributed by atoms with Crippen LogP contribution < -0.4 is 10.6 Å². The van der Waals surface area contributed by atoms with Crippen molar-refractivity contribution < 1.29 is 0 Å². The maximum absolute atomic E-state index is 5.48. The van der Waals surface area contributed by atoms with Crippen LogP contribution in [0.5, 0.6) is 0 Å². The number of nitrogens with two attached hydrogens (primary N) is 1. The van der Waals surface area contributed by atoms with Gasteiger partial charge in [0, 0.05) is 37.7 Å². The highest BCUT2D eigenvalue weighted by Crippen LogP contribution is 2.12. The van der Waals surface area contributed by atoms with Crippen LogP contribution in [0.2, 0.25) is 0 Å². The molecule has 1 rings (SSSR count). The number of hydrogen-bond donors (Lipinski definition) is 1. The summed E-state index contributed by atoms with van der Waals surface area (Å²) in [6, 6.07) is 4.12. The van der Waals surface area contributed by atoms with Crippen molar-refractivity contribution in [1.82, 2.24) is 4.98 Å². The number of hydrogen-bond acceptors (Lipinski definition) is 3. The molecule has 13 heavy (non-hydrogen) atoms. The van der Waals surface area contributed by atoms with E-state index < -0.39 is 0 Å². The van der Waals surface area contributed by atoms with E-state index in [1.807, 2.05) is 19.3 Å². The molecular weight excluding hydrogens is 162 g/mol. The van der Waals surface area contributed by atoms with Crippen LogP contribution in [0.3, 0.4) is 0 Å². The highest BCUT2D eigenvalue weighted by atomic mass is 15.1. The summed E-state index contributed by atoms with van der Waals surface area (Å²) in [6.07, 6.45) is 2.82. The largest absolute Gasteiger partial charge is 0.373 e. The molecule has 0 radical (unpaired) electrons. The molecule has 0 bridgehead atoms. The van der Waals surface area contributed by atoms with Crippen molar-refractivity contribution in [2.45, 2.75) is 13.3 Å². The number of aromatic nitrogens is 1. The average Bonchev–Trinajstić information content (AvgIpc) is 2.18. The van der Waals surface area contributed by atoms with Gasteiger partial charge in [-0.15, -0.1) is 0 Å². The van der Waals surface area contributed by atoms with E-state index in [2.05, 4.69) is 22.9 Å². The monoisotopic (exact) mass is 179 g/mol. The van der Waals surface area contributed by atoms with Crippen LogP contribution in [-0.2, 0) is 6.42 Å². The maximum atomic E-state index is 5.48. The van der Waals surface area contributed by atoms with Gasteiger partial charge in [-0.3, -0.25) is 4.98 Å². The molecule has 72 valence electrons. The first kappa shape index (κ1) is 9.99. The Kier molecular flexibility index (Phi) is 3.71. The molecule has 0 aliphatic heterocycles. The molecular formula is C10H17N3. The number of pyridine rings is 1. The second-order valence-electron chi connectivity index (χ2n) is 3.07. The highest BCUT2D eigenvalue weighted by molar-refractivity contribution is 5.45. The second-order valence-corrected chi connectivity index (χ2v) is 3.07. The van der Waals surface area contributed by atoms with E-state index in [1.54, 1.807) is 0 Å². The fraction of sp³-hybridized carbons (Fsp3) is 0.500. The molecule has 0 saturated heterocycles. The van der Waals surface area contributed by atoms with Crippen molar-refractivity contribution in [2.75, 3.05) is 25.0 Å². The lowest BCUT2D eigenvalue weighted by Crippen LogP contribution is -2.25. The average molecular weight is 179 g/mol. The summed E-state index contributed by atoms with van der Waals surface area (Å²) in [5.74, 6) is 0. The number of likely N-dealkylation sites (N-methyl/N-ethyl adjacent to an activating group) is 1. The molecule has 1 aromatic rings. The summed E-state index contributed by atoms with van der Waals surface area (Å²) in [5, 5.41) is 0. The van der Waals surface area contributed by atoms with Crippen LogP contribution in [0.25, 0.3) is 0 Å².